The fraction of sp³-hybridized carbons (Fsp3) is 0.308. The van der Waals surface area contributed by atoms with E-state index < -0.39 is 0 Å². The van der Waals surface area contributed by atoms with Crippen molar-refractivity contribution in [2.45, 2.75) is 26.6 Å². The third-order valence-electron chi connectivity index (χ3n) is 5.58. The third-order valence-corrected chi connectivity index (χ3v) is 5.58. The molecule has 0 atom stereocenters. The number of phenolic OH excluding ortho intramolecular Hbond substituents is 3. The Morgan fingerprint density at radius 3 is 1.09 bits per heavy atom. The SMILES string of the molecule is CC(CNCc1ccccc1O)(CNCc1ccccc1O)CNCc1ccccc1O. The highest BCUT2D eigenvalue weighted by Gasteiger charge is 2.24. The highest BCUT2D eigenvalue weighted by molar-refractivity contribution is 5.33. The maximum atomic E-state index is 10.0. The summed E-state index contributed by atoms with van der Waals surface area (Å²) in [4.78, 5) is 0. The highest BCUT2D eigenvalue weighted by Crippen LogP contribution is 2.20. The van der Waals surface area contributed by atoms with Crippen molar-refractivity contribution >= 4 is 0 Å². The number of aromatic hydroxyl groups is 3. The van der Waals surface area contributed by atoms with E-state index in [0.29, 0.717) is 39.3 Å². The minimum atomic E-state index is -0.154. The van der Waals surface area contributed by atoms with Crippen LogP contribution < -0.4 is 16.0 Å². The zero-order chi connectivity index (χ0) is 22.8. The topological polar surface area (TPSA) is 96.8 Å². The van der Waals surface area contributed by atoms with Gasteiger partial charge in [-0.05, 0) is 18.2 Å². The molecule has 0 saturated heterocycles. The quantitative estimate of drug-likeness (QED) is 0.261. The third kappa shape index (κ3) is 6.99. The summed E-state index contributed by atoms with van der Waals surface area (Å²) in [5.74, 6) is 0.867. The van der Waals surface area contributed by atoms with Crippen LogP contribution in [0.3, 0.4) is 0 Å². The lowest BCUT2D eigenvalue weighted by molar-refractivity contribution is 0.270. The number of hydrogen-bond acceptors (Lipinski definition) is 6. The van der Waals surface area contributed by atoms with Crippen molar-refractivity contribution in [1.82, 2.24) is 16.0 Å². The van der Waals surface area contributed by atoms with Gasteiger partial charge in [0.25, 0.3) is 0 Å². The molecule has 0 amide bonds. The predicted octanol–water partition coefficient (Wildman–Crippen LogP) is 3.48. The van der Waals surface area contributed by atoms with Gasteiger partial charge in [-0.1, -0.05) is 61.5 Å². The second-order valence-electron chi connectivity index (χ2n) is 8.51. The summed E-state index contributed by atoms with van der Waals surface area (Å²) in [6.45, 7) is 6.03. The van der Waals surface area contributed by atoms with Crippen LogP contribution in [0.1, 0.15) is 23.6 Å². The molecule has 3 rings (SSSR count). The number of nitrogens with one attached hydrogen (secondary N) is 3. The van der Waals surface area contributed by atoms with Gasteiger partial charge in [0.15, 0.2) is 0 Å². The van der Waals surface area contributed by atoms with Gasteiger partial charge in [-0.3, -0.25) is 0 Å². The first-order valence-corrected chi connectivity index (χ1v) is 10.9. The molecule has 0 unspecified atom stereocenters. The average Bonchev–Trinajstić information content (AvgIpc) is 2.78. The molecule has 6 N–H and O–H groups in total. The number of para-hydroxylation sites is 3. The van der Waals surface area contributed by atoms with Crippen LogP contribution >= 0.6 is 0 Å². The lowest BCUT2D eigenvalue weighted by Gasteiger charge is -2.31. The minimum absolute atomic E-state index is 0.154. The molecule has 6 nitrogen and oxygen atoms in total. The molecule has 0 spiro atoms. The van der Waals surface area contributed by atoms with E-state index in [9.17, 15) is 15.3 Å². The first-order valence-electron chi connectivity index (χ1n) is 10.9. The molecular weight excluding hydrogens is 402 g/mol. The van der Waals surface area contributed by atoms with Gasteiger partial charge >= 0.3 is 0 Å². The van der Waals surface area contributed by atoms with E-state index in [2.05, 4.69) is 22.9 Å². The monoisotopic (exact) mass is 435 g/mol. The Morgan fingerprint density at radius 2 is 0.812 bits per heavy atom. The Hall–Kier alpha value is -3.06. The van der Waals surface area contributed by atoms with Crippen molar-refractivity contribution in [3.05, 3.63) is 89.5 Å². The summed E-state index contributed by atoms with van der Waals surface area (Å²) in [7, 11) is 0. The largest absolute Gasteiger partial charge is 0.508 e. The Morgan fingerprint density at radius 1 is 0.531 bits per heavy atom. The van der Waals surface area contributed by atoms with Gasteiger partial charge < -0.3 is 31.3 Å². The molecule has 3 aromatic rings. The second-order valence-corrected chi connectivity index (χ2v) is 8.51. The molecule has 170 valence electrons. The first-order chi connectivity index (χ1) is 15.5. The number of rotatable bonds is 12. The van der Waals surface area contributed by atoms with Crippen LogP contribution in [0.25, 0.3) is 0 Å². The Bertz CT molecular complexity index is 868. The fourth-order valence-electron chi connectivity index (χ4n) is 3.67. The van der Waals surface area contributed by atoms with Gasteiger partial charge in [0, 0.05) is 61.4 Å². The van der Waals surface area contributed by atoms with Crippen LogP contribution in [0.15, 0.2) is 72.8 Å². The molecular formula is C26H33N3O3. The predicted molar refractivity (Wildman–Crippen MR) is 128 cm³/mol. The summed E-state index contributed by atoms with van der Waals surface area (Å²) in [6.07, 6.45) is 0. The van der Waals surface area contributed by atoms with Crippen LogP contribution in [0.4, 0.5) is 0 Å². The van der Waals surface area contributed by atoms with Crippen molar-refractivity contribution in [2.24, 2.45) is 5.41 Å². The first kappa shape index (κ1) is 23.6. The van der Waals surface area contributed by atoms with Gasteiger partial charge in [0.1, 0.15) is 17.2 Å². The maximum absolute atomic E-state index is 10.0. The van der Waals surface area contributed by atoms with Crippen LogP contribution in [0.2, 0.25) is 0 Å². The smallest absolute Gasteiger partial charge is 0.120 e. The standard InChI is InChI=1S/C26H33N3O3/c1-26(17-27-14-20-8-2-5-11-23(20)30,18-28-15-21-9-3-6-12-24(21)31)19-29-16-22-10-4-7-13-25(22)32/h2-13,27-32H,14-19H2,1H3. The van der Waals surface area contributed by atoms with Crippen molar-refractivity contribution in [1.29, 1.82) is 0 Å². The fourth-order valence-corrected chi connectivity index (χ4v) is 3.67. The average molecular weight is 436 g/mol. The zero-order valence-electron chi connectivity index (χ0n) is 18.5. The molecule has 0 heterocycles. The van der Waals surface area contributed by atoms with E-state index in [4.69, 9.17) is 0 Å². The second kappa shape index (κ2) is 11.5. The normalized spacial score (nSPS) is 11.5. The van der Waals surface area contributed by atoms with Crippen molar-refractivity contribution in [3.8, 4) is 17.2 Å². The zero-order valence-corrected chi connectivity index (χ0v) is 18.5. The summed E-state index contributed by atoms with van der Waals surface area (Å²) in [5.41, 5.74) is 2.43. The van der Waals surface area contributed by atoms with E-state index >= 15 is 0 Å². The van der Waals surface area contributed by atoms with Gasteiger partial charge in [-0.15, -0.1) is 0 Å². The molecule has 0 aromatic heterocycles. The van der Waals surface area contributed by atoms with Gasteiger partial charge in [-0.2, -0.15) is 0 Å². The molecule has 0 saturated carbocycles. The van der Waals surface area contributed by atoms with Crippen LogP contribution in [-0.4, -0.2) is 35.0 Å². The van der Waals surface area contributed by atoms with Gasteiger partial charge in [0.05, 0.1) is 0 Å². The van der Waals surface area contributed by atoms with Crippen molar-refractivity contribution < 1.29 is 15.3 Å². The molecule has 32 heavy (non-hydrogen) atoms. The van der Waals surface area contributed by atoms with E-state index in [1.807, 2.05) is 54.6 Å². The molecule has 0 aliphatic heterocycles. The number of benzene rings is 3. The molecule has 6 heteroatoms. The van der Waals surface area contributed by atoms with E-state index in [-0.39, 0.29) is 22.7 Å². The summed E-state index contributed by atoms with van der Waals surface area (Å²) >= 11 is 0. The van der Waals surface area contributed by atoms with Crippen LogP contribution in [0.5, 0.6) is 17.2 Å². The lowest BCUT2D eigenvalue weighted by Crippen LogP contribution is -2.46. The Balaban J connectivity index is 1.58. The highest BCUT2D eigenvalue weighted by atomic mass is 16.3. The minimum Gasteiger partial charge on any atom is -0.508 e. The van der Waals surface area contributed by atoms with Crippen LogP contribution in [-0.2, 0) is 19.6 Å². The maximum Gasteiger partial charge on any atom is 0.120 e. The van der Waals surface area contributed by atoms with E-state index in [1.165, 1.54) is 0 Å². The molecule has 0 fully saturated rings. The molecule has 0 bridgehead atoms. The van der Waals surface area contributed by atoms with Crippen LogP contribution in [0, 0.1) is 5.41 Å². The van der Waals surface area contributed by atoms with E-state index in [0.717, 1.165) is 16.7 Å². The summed E-state index contributed by atoms with van der Waals surface area (Å²) in [5, 5.41) is 40.4. The lowest BCUT2D eigenvalue weighted by atomic mass is 9.89. The molecule has 0 aliphatic carbocycles. The summed E-state index contributed by atoms with van der Waals surface area (Å²) < 4.78 is 0. The number of phenols is 3. The molecule has 0 radical (unpaired) electrons. The molecule has 0 aliphatic rings. The summed E-state index contributed by atoms with van der Waals surface area (Å²) in [6, 6.07) is 22.0. The van der Waals surface area contributed by atoms with Gasteiger partial charge in [-0.25, -0.2) is 0 Å². The van der Waals surface area contributed by atoms with E-state index in [1.54, 1.807) is 18.2 Å². The van der Waals surface area contributed by atoms with Crippen molar-refractivity contribution in [3.63, 3.8) is 0 Å². The molecule has 3 aromatic carbocycles. The number of hydrogen-bond donors (Lipinski definition) is 6. The Kier molecular flexibility index (Phi) is 8.50. The van der Waals surface area contributed by atoms with Crippen molar-refractivity contribution in [2.75, 3.05) is 19.6 Å². The van der Waals surface area contributed by atoms with Gasteiger partial charge in [0.2, 0.25) is 0 Å². The Labute approximate surface area is 189 Å².